The van der Waals surface area contributed by atoms with E-state index in [0.29, 0.717) is 5.56 Å². The van der Waals surface area contributed by atoms with Crippen molar-refractivity contribution in [1.82, 2.24) is 5.32 Å². The average molecular weight is 286 g/mol. The van der Waals surface area contributed by atoms with Gasteiger partial charge >= 0.3 is 0 Å². The van der Waals surface area contributed by atoms with Crippen molar-refractivity contribution in [2.45, 2.75) is 19.9 Å². The molecule has 3 nitrogen and oxygen atoms in total. The van der Waals surface area contributed by atoms with Crippen molar-refractivity contribution in [2.24, 2.45) is 0 Å². The fraction of sp³-hybridized carbons (Fsp3) is 0.235. The highest BCUT2D eigenvalue weighted by atomic mass is 19.1. The van der Waals surface area contributed by atoms with Gasteiger partial charge in [0.1, 0.15) is 5.82 Å². The van der Waals surface area contributed by atoms with E-state index in [1.165, 1.54) is 12.1 Å². The Bertz CT molecular complexity index is 638. The van der Waals surface area contributed by atoms with Gasteiger partial charge in [-0.3, -0.25) is 4.79 Å². The Balaban J connectivity index is 2.16. The Labute approximate surface area is 124 Å². The van der Waals surface area contributed by atoms with Crippen molar-refractivity contribution < 1.29 is 9.18 Å². The molecule has 1 atom stereocenters. The zero-order valence-corrected chi connectivity index (χ0v) is 12.4. The maximum atomic E-state index is 12.9. The summed E-state index contributed by atoms with van der Waals surface area (Å²) in [6.07, 6.45) is 0. The van der Waals surface area contributed by atoms with Crippen molar-refractivity contribution in [3.63, 3.8) is 0 Å². The fourth-order valence-electron chi connectivity index (χ4n) is 2.17. The number of rotatable bonds is 4. The van der Waals surface area contributed by atoms with Crippen LogP contribution in [-0.2, 0) is 0 Å². The first-order valence-electron chi connectivity index (χ1n) is 6.86. The van der Waals surface area contributed by atoms with Gasteiger partial charge in [-0.15, -0.1) is 0 Å². The molecule has 2 aromatic rings. The van der Waals surface area contributed by atoms with Crippen LogP contribution in [-0.4, -0.2) is 13.0 Å². The lowest BCUT2D eigenvalue weighted by Gasteiger charge is -2.16. The Morgan fingerprint density at radius 3 is 2.43 bits per heavy atom. The van der Waals surface area contributed by atoms with Crippen molar-refractivity contribution in [3.05, 3.63) is 65.0 Å². The number of halogens is 1. The summed E-state index contributed by atoms with van der Waals surface area (Å²) in [5.41, 5.74) is 3.33. The summed E-state index contributed by atoms with van der Waals surface area (Å²) in [6, 6.07) is 11.6. The maximum Gasteiger partial charge on any atom is 0.253 e. The van der Waals surface area contributed by atoms with E-state index >= 15 is 0 Å². The summed E-state index contributed by atoms with van der Waals surface area (Å²) in [6.45, 7) is 3.85. The third-order valence-electron chi connectivity index (χ3n) is 3.41. The zero-order valence-electron chi connectivity index (χ0n) is 12.4. The van der Waals surface area contributed by atoms with Gasteiger partial charge in [-0.2, -0.15) is 0 Å². The number of hydrogen-bond donors (Lipinski definition) is 2. The Morgan fingerprint density at radius 1 is 1.14 bits per heavy atom. The monoisotopic (exact) mass is 286 g/mol. The van der Waals surface area contributed by atoms with E-state index in [9.17, 15) is 9.18 Å². The minimum atomic E-state index is -0.284. The third-order valence-corrected chi connectivity index (χ3v) is 3.41. The molecule has 0 fully saturated rings. The van der Waals surface area contributed by atoms with E-state index in [2.05, 4.69) is 10.6 Å². The van der Waals surface area contributed by atoms with E-state index in [-0.39, 0.29) is 17.8 Å². The van der Waals surface area contributed by atoms with Crippen molar-refractivity contribution in [3.8, 4) is 0 Å². The number of carbonyl (C=O) groups is 1. The number of aryl methyl sites for hydroxylation is 1. The van der Waals surface area contributed by atoms with E-state index < -0.39 is 0 Å². The standard InChI is InChI=1S/C17H19FN2O/c1-11-4-9-15(16(10-11)19-3)17(21)20-12(2)13-5-7-14(18)8-6-13/h4-10,12,19H,1-3H3,(H,20,21). The number of nitrogens with one attached hydrogen (secondary N) is 2. The molecule has 0 aliphatic heterocycles. The number of carbonyl (C=O) groups excluding carboxylic acids is 1. The molecule has 0 spiro atoms. The molecule has 1 amide bonds. The van der Waals surface area contributed by atoms with Gasteiger partial charge in [-0.25, -0.2) is 4.39 Å². The largest absolute Gasteiger partial charge is 0.387 e. The van der Waals surface area contributed by atoms with Crippen LogP contribution in [0.4, 0.5) is 10.1 Å². The van der Waals surface area contributed by atoms with Crippen LogP contribution in [0.15, 0.2) is 42.5 Å². The molecule has 0 aliphatic carbocycles. The number of anilines is 1. The normalized spacial score (nSPS) is 11.8. The quantitative estimate of drug-likeness (QED) is 0.900. The second-order valence-electron chi connectivity index (χ2n) is 5.05. The van der Waals surface area contributed by atoms with E-state index in [4.69, 9.17) is 0 Å². The van der Waals surface area contributed by atoms with Crippen LogP contribution in [0.1, 0.15) is 34.5 Å². The molecule has 0 aromatic heterocycles. The van der Waals surface area contributed by atoms with Gasteiger partial charge in [-0.05, 0) is 49.2 Å². The lowest BCUT2D eigenvalue weighted by molar-refractivity contribution is 0.0940. The second kappa shape index (κ2) is 6.39. The third kappa shape index (κ3) is 3.60. The summed E-state index contributed by atoms with van der Waals surface area (Å²) >= 11 is 0. The van der Waals surface area contributed by atoms with Crippen LogP contribution in [0.5, 0.6) is 0 Å². The molecule has 0 saturated heterocycles. The molecule has 0 aliphatic rings. The van der Waals surface area contributed by atoms with Gasteiger partial charge in [0.15, 0.2) is 0 Å². The second-order valence-corrected chi connectivity index (χ2v) is 5.05. The highest BCUT2D eigenvalue weighted by Crippen LogP contribution is 2.19. The van der Waals surface area contributed by atoms with Crippen molar-refractivity contribution >= 4 is 11.6 Å². The first kappa shape index (κ1) is 15.0. The molecular formula is C17H19FN2O. The minimum absolute atomic E-state index is 0.156. The molecule has 0 radical (unpaired) electrons. The van der Waals surface area contributed by atoms with Crippen LogP contribution in [0.2, 0.25) is 0 Å². The zero-order chi connectivity index (χ0) is 15.4. The predicted molar refractivity (Wildman–Crippen MR) is 83.0 cm³/mol. The van der Waals surface area contributed by atoms with Crippen molar-refractivity contribution in [1.29, 1.82) is 0 Å². The van der Waals surface area contributed by atoms with Gasteiger partial charge in [0.2, 0.25) is 0 Å². The van der Waals surface area contributed by atoms with Crippen LogP contribution >= 0.6 is 0 Å². The molecule has 2 N–H and O–H groups in total. The molecule has 110 valence electrons. The lowest BCUT2D eigenvalue weighted by atomic mass is 10.1. The van der Waals surface area contributed by atoms with Crippen LogP contribution in [0.3, 0.4) is 0 Å². The number of benzene rings is 2. The van der Waals surface area contributed by atoms with Crippen LogP contribution < -0.4 is 10.6 Å². The molecule has 1 unspecified atom stereocenters. The topological polar surface area (TPSA) is 41.1 Å². The Hall–Kier alpha value is -2.36. The highest BCUT2D eigenvalue weighted by molar-refractivity contribution is 5.99. The molecular weight excluding hydrogens is 267 g/mol. The number of amides is 1. The highest BCUT2D eigenvalue weighted by Gasteiger charge is 2.14. The van der Waals surface area contributed by atoms with E-state index in [1.807, 2.05) is 26.0 Å². The summed E-state index contributed by atoms with van der Waals surface area (Å²) < 4.78 is 12.9. The van der Waals surface area contributed by atoms with Crippen molar-refractivity contribution in [2.75, 3.05) is 12.4 Å². The molecule has 2 aromatic carbocycles. The summed E-state index contributed by atoms with van der Waals surface area (Å²) in [7, 11) is 1.79. The molecule has 2 rings (SSSR count). The molecule has 0 heterocycles. The van der Waals surface area contributed by atoms with Gasteiger partial charge < -0.3 is 10.6 Å². The maximum absolute atomic E-state index is 12.9. The Kier molecular flexibility index (Phi) is 4.58. The fourth-order valence-corrected chi connectivity index (χ4v) is 2.17. The molecule has 0 bridgehead atoms. The van der Waals surface area contributed by atoms with Crippen LogP contribution in [0, 0.1) is 12.7 Å². The Morgan fingerprint density at radius 2 is 1.81 bits per heavy atom. The molecule has 4 heteroatoms. The minimum Gasteiger partial charge on any atom is -0.387 e. The number of hydrogen-bond acceptors (Lipinski definition) is 2. The lowest BCUT2D eigenvalue weighted by Crippen LogP contribution is -2.27. The molecule has 21 heavy (non-hydrogen) atoms. The van der Waals surface area contributed by atoms with Gasteiger partial charge in [0.25, 0.3) is 5.91 Å². The van der Waals surface area contributed by atoms with Gasteiger partial charge in [-0.1, -0.05) is 18.2 Å². The van der Waals surface area contributed by atoms with E-state index in [1.54, 1.807) is 25.2 Å². The first-order valence-corrected chi connectivity index (χ1v) is 6.86. The molecule has 0 saturated carbocycles. The van der Waals surface area contributed by atoms with E-state index in [0.717, 1.165) is 16.8 Å². The summed E-state index contributed by atoms with van der Waals surface area (Å²) in [5.74, 6) is -0.440. The average Bonchev–Trinajstić information content (AvgIpc) is 2.47. The summed E-state index contributed by atoms with van der Waals surface area (Å²) in [4.78, 5) is 12.4. The SMILES string of the molecule is CNc1cc(C)ccc1C(=O)NC(C)c1ccc(F)cc1. The smallest absolute Gasteiger partial charge is 0.253 e. The van der Waals surface area contributed by atoms with Gasteiger partial charge in [0.05, 0.1) is 11.6 Å². The first-order chi connectivity index (χ1) is 10.0. The summed E-state index contributed by atoms with van der Waals surface area (Å²) in [5, 5.41) is 5.95. The van der Waals surface area contributed by atoms with Gasteiger partial charge in [0, 0.05) is 12.7 Å². The van der Waals surface area contributed by atoms with Crippen LogP contribution in [0.25, 0.3) is 0 Å². The predicted octanol–water partition coefficient (Wildman–Crippen LogP) is 3.67.